The van der Waals surface area contributed by atoms with Gasteiger partial charge < -0.3 is 9.94 Å². The van der Waals surface area contributed by atoms with E-state index < -0.39 is 0 Å². The van der Waals surface area contributed by atoms with Gasteiger partial charge in [-0.15, -0.1) is 0 Å². The Morgan fingerprint density at radius 3 is 2.33 bits per heavy atom. The van der Waals surface area contributed by atoms with Gasteiger partial charge in [0.2, 0.25) is 0 Å². The summed E-state index contributed by atoms with van der Waals surface area (Å²) >= 11 is 0. The van der Waals surface area contributed by atoms with Crippen LogP contribution in [-0.4, -0.2) is 17.5 Å². The SMILES string of the molecule is CCC(CC)COc1ccc(C/C(C)=N/O)cc1. The van der Waals surface area contributed by atoms with Crippen LogP contribution >= 0.6 is 0 Å². The molecule has 0 spiro atoms. The average molecular weight is 249 g/mol. The summed E-state index contributed by atoms with van der Waals surface area (Å²) in [6.07, 6.45) is 2.98. The minimum atomic E-state index is 0.633. The second-order valence-electron chi connectivity index (χ2n) is 4.65. The van der Waals surface area contributed by atoms with Crippen LogP contribution in [-0.2, 0) is 6.42 Å². The molecular formula is C15H23NO2. The molecule has 0 heterocycles. The maximum Gasteiger partial charge on any atom is 0.119 e. The molecule has 18 heavy (non-hydrogen) atoms. The van der Waals surface area contributed by atoms with Crippen molar-refractivity contribution in [2.24, 2.45) is 11.1 Å². The molecular weight excluding hydrogens is 226 g/mol. The van der Waals surface area contributed by atoms with E-state index in [2.05, 4.69) is 19.0 Å². The Morgan fingerprint density at radius 2 is 1.83 bits per heavy atom. The highest BCUT2D eigenvalue weighted by Crippen LogP contribution is 2.16. The molecule has 1 aromatic rings. The lowest BCUT2D eigenvalue weighted by atomic mass is 10.1. The lowest BCUT2D eigenvalue weighted by Gasteiger charge is -2.13. The van der Waals surface area contributed by atoms with Crippen molar-refractivity contribution < 1.29 is 9.94 Å². The molecule has 1 aromatic carbocycles. The minimum Gasteiger partial charge on any atom is -0.493 e. The Kier molecular flexibility index (Phi) is 6.26. The smallest absolute Gasteiger partial charge is 0.119 e. The summed E-state index contributed by atoms with van der Waals surface area (Å²) in [5.74, 6) is 1.54. The first-order chi connectivity index (χ1) is 8.69. The molecule has 1 N–H and O–H groups in total. The van der Waals surface area contributed by atoms with Gasteiger partial charge in [0.1, 0.15) is 5.75 Å². The Bertz CT molecular complexity index is 367. The topological polar surface area (TPSA) is 41.8 Å². The quantitative estimate of drug-likeness (QED) is 0.452. The molecule has 100 valence electrons. The Hall–Kier alpha value is -1.51. The summed E-state index contributed by atoms with van der Waals surface area (Å²) in [7, 11) is 0. The molecule has 0 amide bonds. The van der Waals surface area contributed by atoms with Gasteiger partial charge in [-0.2, -0.15) is 0 Å². The minimum absolute atomic E-state index is 0.633. The van der Waals surface area contributed by atoms with Crippen LogP contribution in [0.25, 0.3) is 0 Å². The van der Waals surface area contributed by atoms with Gasteiger partial charge in [0, 0.05) is 6.42 Å². The van der Waals surface area contributed by atoms with E-state index in [4.69, 9.17) is 9.94 Å². The monoisotopic (exact) mass is 249 g/mol. The zero-order valence-electron chi connectivity index (χ0n) is 11.5. The van der Waals surface area contributed by atoms with Crippen LogP contribution in [0, 0.1) is 5.92 Å². The standard InChI is InChI=1S/C15H23NO2/c1-4-13(5-2)11-18-15-8-6-14(7-9-15)10-12(3)16-17/h6-9,13,17H,4-5,10-11H2,1-3H3/b16-12+. The lowest BCUT2D eigenvalue weighted by molar-refractivity contribution is 0.240. The number of hydrogen-bond acceptors (Lipinski definition) is 3. The second kappa shape index (κ2) is 7.75. The van der Waals surface area contributed by atoms with Gasteiger partial charge in [0.25, 0.3) is 0 Å². The third kappa shape index (κ3) is 4.78. The van der Waals surface area contributed by atoms with Crippen molar-refractivity contribution in [1.82, 2.24) is 0 Å². The third-order valence-corrected chi connectivity index (χ3v) is 3.19. The van der Waals surface area contributed by atoms with E-state index >= 15 is 0 Å². The molecule has 0 aliphatic heterocycles. The molecule has 0 fully saturated rings. The normalized spacial score (nSPS) is 11.9. The predicted octanol–water partition coefficient (Wildman–Crippen LogP) is 3.89. The van der Waals surface area contributed by atoms with E-state index in [0.29, 0.717) is 18.1 Å². The zero-order valence-corrected chi connectivity index (χ0v) is 11.5. The Morgan fingerprint density at radius 1 is 1.22 bits per heavy atom. The van der Waals surface area contributed by atoms with E-state index in [1.165, 1.54) is 0 Å². The second-order valence-corrected chi connectivity index (χ2v) is 4.65. The molecule has 0 atom stereocenters. The Labute approximate surface area is 109 Å². The van der Waals surface area contributed by atoms with Gasteiger partial charge in [0.15, 0.2) is 0 Å². The summed E-state index contributed by atoms with van der Waals surface area (Å²) in [5.41, 5.74) is 1.83. The number of benzene rings is 1. The number of ether oxygens (including phenoxy) is 1. The van der Waals surface area contributed by atoms with E-state index in [9.17, 15) is 0 Å². The third-order valence-electron chi connectivity index (χ3n) is 3.19. The number of rotatable bonds is 7. The molecule has 3 heteroatoms. The number of hydrogen-bond donors (Lipinski definition) is 1. The van der Waals surface area contributed by atoms with Gasteiger partial charge in [0.05, 0.1) is 12.3 Å². The first kappa shape index (κ1) is 14.6. The highest BCUT2D eigenvalue weighted by atomic mass is 16.5. The van der Waals surface area contributed by atoms with Gasteiger partial charge >= 0.3 is 0 Å². The van der Waals surface area contributed by atoms with Crippen molar-refractivity contribution in [3.8, 4) is 5.75 Å². The van der Waals surface area contributed by atoms with Crippen LogP contribution in [0.15, 0.2) is 29.4 Å². The summed E-state index contributed by atoms with van der Waals surface area (Å²) in [6, 6.07) is 7.97. The molecule has 0 aliphatic carbocycles. The highest BCUT2D eigenvalue weighted by Gasteiger charge is 2.04. The van der Waals surface area contributed by atoms with Crippen molar-refractivity contribution in [1.29, 1.82) is 0 Å². The van der Waals surface area contributed by atoms with Crippen molar-refractivity contribution in [3.05, 3.63) is 29.8 Å². The fourth-order valence-electron chi connectivity index (χ4n) is 1.77. The van der Waals surface area contributed by atoms with E-state index in [1.54, 1.807) is 6.92 Å². The van der Waals surface area contributed by atoms with Crippen molar-refractivity contribution in [3.63, 3.8) is 0 Å². The van der Waals surface area contributed by atoms with Crippen LogP contribution in [0.2, 0.25) is 0 Å². The number of oxime groups is 1. The first-order valence-corrected chi connectivity index (χ1v) is 6.58. The van der Waals surface area contributed by atoms with E-state index in [0.717, 1.165) is 30.8 Å². The maximum atomic E-state index is 8.61. The molecule has 1 rings (SSSR count). The van der Waals surface area contributed by atoms with Gasteiger partial charge in [-0.3, -0.25) is 0 Å². The summed E-state index contributed by atoms with van der Waals surface area (Å²) in [5, 5.41) is 11.8. The van der Waals surface area contributed by atoms with E-state index in [1.807, 2.05) is 24.3 Å². The molecule has 0 unspecified atom stereocenters. The fraction of sp³-hybridized carbons (Fsp3) is 0.533. The largest absolute Gasteiger partial charge is 0.493 e. The summed E-state index contributed by atoms with van der Waals surface area (Å²) in [6.45, 7) is 6.97. The molecule has 0 aromatic heterocycles. The first-order valence-electron chi connectivity index (χ1n) is 6.58. The zero-order chi connectivity index (χ0) is 13.4. The fourth-order valence-corrected chi connectivity index (χ4v) is 1.77. The summed E-state index contributed by atoms with van der Waals surface area (Å²) in [4.78, 5) is 0. The van der Waals surface area contributed by atoms with Gasteiger partial charge in [-0.05, 0) is 30.5 Å². The molecule has 0 saturated carbocycles. The maximum absolute atomic E-state index is 8.61. The van der Waals surface area contributed by atoms with Crippen LogP contribution in [0.5, 0.6) is 5.75 Å². The predicted molar refractivity (Wildman–Crippen MR) is 74.6 cm³/mol. The summed E-state index contributed by atoms with van der Waals surface area (Å²) < 4.78 is 5.76. The Balaban J connectivity index is 2.50. The molecule has 0 saturated heterocycles. The van der Waals surface area contributed by atoms with Crippen molar-refractivity contribution in [2.75, 3.05) is 6.61 Å². The van der Waals surface area contributed by atoms with Crippen LogP contribution < -0.4 is 4.74 Å². The molecule has 0 radical (unpaired) electrons. The van der Waals surface area contributed by atoms with Gasteiger partial charge in [-0.1, -0.05) is 44.0 Å². The van der Waals surface area contributed by atoms with Crippen LogP contribution in [0.4, 0.5) is 0 Å². The number of nitrogens with zero attached hydrogens (tertiary/aromatic N) is 1. The van der Waals surface area contributed by atoms with Crippen LogP contribution in [0.1, 0.15) is 39.2 Å². The molecule has 3 nitrogen and oxygen atoms in total. The average Bonchev–Trinajstić information content (AvgIpc) is 2.41. The van der Waals surface area contributed by atoms with Crippen molar-refractivity contribution >= 4 is 5.71 Å². The van der Waals surface area contributed by atoms with Crippen LogP contribution in [0.3, 0.4) is 0 Å². The molecule has 0 bridgehead atoms. The van der Waals surface area contributed by atoms with Crippen molar-refractivity contribution in [2.45, 2.75) is 40.0 Å². The molecule has 0 aliphatic rings. The van der Waals surface area contributed by atoms with Gasteiger partial charge in [-0.25, -0.2) is 0 Å². The van der Waals surface area contributed by atoms with E-state index in [-0.39, 0.29) is 0 Å². The lowest BCUT2D eigenvalue weighted by Crippen LogP contribution is -2.10. The highest BCUT2D eigenvalue weighted by molar-refractivity contribution is 5.83.